The lowest BCUT2D eigenvalue weighted by molar-refractivity contribution is -0.137. The first-order chi connectivity index (χ1) is 12.5. The number of primary amides is 1. The van der Waals surface area contributed by atoms with Crippen LogP contribution >= 0.6 is 0 Å². The first-order valence-corrected chi connectivity index (χ1v) is 8.59. The summed E-state index contributed by atoms with van der Waals surface area (Å²) in [6, 6.07) is 7.53. The topological polar surface area (TPSA) is 116 Å². The van der Waals surface area contributed by atoms with Crippen molar-refractivity contribution < 1.29 is 19.5 Å². The van der Waals surface area contributed by atoms with Gasteiger partial charge < -0.3 is 21.1 Å². The molecule has 1 aromatic carbocycles. The molecule has 8 nitrogen and oxygen atoms in total. The molecule has 1 fully saturated rings. The number of benzene rings is 1. The number of imide groups is 1. The fourth-order valence-electron chi connectivity index (χ4n) is 3.24. The molecule has 8 heteroatoms. The van der Waals surface area contributed by atoms with Crippen LogP contribution in [-0.4, -0.2) is 54.0 Å². The Hall–Kier alpha value is -2.87. The molecule has 0 bridgehead atoms. The number of nitrogens with two attached hydrogens (primary N) is 1. The molecular formula is C18H22N4O4. The normalized spacial score (nSPS) is 18.3. The Balaban J connectivity index is 1.60. The predicted molar refractivity (Wildman–Crippen MR) is 96.1 cm³/mol. The molecule has 0 spiro atoms. The van der Waals surface area contributed by atoms with Crippen LogP contribution < -0.4 is 16.0 Å². The monoisotopic (exact) mass is 358 g/mol. The lowest BCUT2D eigenvalue weighted by Gasteiger charge is -2.32. The first kappa shape index (κ1) is 17.9. The van der Waals surface area contributed by atoms with Crippen LogP contribution in [0, 0.1) is 5.92 Å². The van der Waals surface area contributed by atoms with Crippen molar-refractivity contribution in [2.45, 2.75) is 12.8 Å². The lowest BCUT2D eigenvalue weighted by atomic mass is 9.96. The molecule has 0 saturated carbocycles. The van der Waals surface area contributed by atoms with E-state index in [0.29, 0.717) is 5.69 Å². The minimum atomic E-state index is -0.443. The maximum absolute atomic E-state index is 12.1. The Morgan fingerprint density at radius 3 is 2.42 bits per heavy atom. The van der Waals surface area contributed by atoms with Gasteiger partial charge in [-0.3, -0.25) is 19.3 Å². The molecular weight excluding hydrogens is 336 g/mol. The van der Waals surface area contributed by atoms with Crippen molar-refractivity contribution in [2.24, 2.45) is 11.7 Å². The van der Waals surface area contributed by atoms with E-state index in [1.54, 1.807) is 0 Å². The molecule has 138 valence electrons. The van der Waals surface area contributed by atoms with Gasteiger partial charge in [0.1, 0.15) is 5.70 Å². The molecule has 1 saturated heterocycles. The summed E-state index contributed by atoms with van der Waals surface area (Å²) in [7, 11) is 0. The molecule has 2 aliphatic heterocycles. The number of piperidine rings is 1. The van der Waals surface area contributed by atoms with Gasteiger partial charge in [0, 0.05) is 36.5 Å². The standard InChI is InChI=1S/C18H22N4O4/c19-17(25)12-5-7-21(8-6-12)14-3-1-13(2-4-14)20-15-11-16(24)22(9-10-23)18(15)26/h1-4,11-12,20,23H,5-10H2,(H2,19,25). The molecule has 0 aromatic heterocycles. The minimum absolute atomic E-state index is 0.0143. The van der Waals surface area contributed by atoms with Crippen LogP contribution in [0.1, 0.15) is 12.8 Å². The van der Waals surface area contributed by atoms with Gasteiger partial charge in [-0.1, -0.05) is 0 Å². The number of carbonyl (C=O) groups is 3. The summed E-state index contributed by atoms with van der Waals surface area (Å²) < 4.78 is 0. The largest absolute Gasteiger partial charge is 0.395 e. The summed E-state index contributed by atoms with van der Waals surface area (Å²) in [5, 5.41) is 11.9. The Labute approximate surface area is 151 Å². The molecule has 26 heavy (non-hydrogen) atoms. The fraction of sp³-hybridized carbons (Fsp3) is 0.389. The van der Waals surface area contributed by atoms with Gasteiger partial charge in [-0.2, -0.15) is 0 Å². The van der Waals surface area contributed by atoms with Crippen molar-refractivity contribution in [3.8, 4) is 0 Å². The van der Waals surface area contributed by atoms with Crippen LogP contribution in [0.4, 0.5) is 11.4 Å². The van der Waals surface area contributed by atoms with Crippen LogP contribution in [0.5, 0.6) is 0 Å². The van der Waals surface area contributed by atoms with E-state index in [1.807, 2.05) is 24.3 Å². The van der Waals surface area contributed by atoms with E-state index in [-0.39, 0.29) is 30.7 Å². The van der Waals surface area contributed by atoms with Crippen LogP contribution in [-0.2, 0) is 14.4 Å². The van der Waals surface area contributed by atoms with Gasteiger partial charge in [-0.15, -0.1) is 0 Å². The second-order valence-corrected chi connectivity index (χ2v) is 6.41. The van der Waals surface area contributed by atoms with Crippen LogP contribution in [0.15, 0.2) is 36.0 Å². The molecule has 0 atom stereocenters. The van der Waals surface area contributed by atoms with Crippen LogP contribution in [0.3, 0.4) is 0 Å². The molecule has 0 radical (unpaired) electrons. The third kappa shape index (κ3) is 3.70. The van der Waals surface area contributed by atoms with Crippen LogP contribution in [0.25, 0.3) is 0 Å². The van der Waals surface area contributed by atoms with E-state index in [1.165, 1.54) is 6.08 Å². The Morgan fingerprint density at radius 2 is 1.85 bits per heavy atom. The number of nitrogens with zero attached hydrogens (tertiary/aromatic N) is 2. The highest BCUT2D eigenvalue weighted by Crippen LogP contribution is 2.25. The highest BCUT2D eigenvalue weighted by molar-refractivity contribution is 6.17. The molecule has 0 aliphatic carbocycles. The zero-order valence-electron chi connectivity index (χ0n) is 14.4. The third-order valence-corrected chi connectivity index (χ3v) is 4.74. The SMILES string of the molecule is NC(=O)C1CCN(c2ccc(NC3=CC(=O)N(CCO)C3=O)cc2)CC1. The zero-order valence-corrected chi connectivity index (χ0v) is 14.4. The van der Waals surface area contributed by atoms with Gasteiger partial charge >= 0.3 is 0 Å². The smallest absolute Gasteiger partial charge is 0.277 e. The Kier molecular flexibility index (Phi) is 5.22. The number of aliphatic hydroxyl groups is 1. The zero-order chi connectivity index (χ0) is 18.7. The summed E-state index contributed by atoms with van der Waals surface area (Å²) in [6.07, 6.45) is 2.74. The Morgan fingerprint density at radius 1 is 1.19 bits per heavy atom. The summed E-state index contributed by atoms with van der Waals surface area (Å²) in [5.74, 6) is -1.16. The summed E-state index contributed by atoms with van der Waals surface area (Å²) in [5.41, 5.74) is 7.28. The fourth-order valence-corrected chi connectivity index (χ4v) is 3.24. The molecule has 4 N–H and O–H groups in total. The van der Waals surface area contributed by atoms with E-state index in [2.05, 4.69) is 10.2 Å². The highest BCUT2D eigenvalue weighted by atomic mass is 16.3. The van der Waals surface area contributed by atoms with Gasteiger partial charge in [0.25, 0.3) is 11.8 Å². The van der Waals surface area contributed by atoms with Gasteiger partial charge in [-0.05, 0) is 37.1 Å². The van der Waals surface area contributed by atoms with Gasteiger partial charge in [0.2, 0.25) is 5.91 Å². The molecule has 3 amide bonds. The second-order valence-electron chi connectivity index (χ2n) is 6.41. The summed E-state index contributed by atoms with van der Waals surface area (Å²) in [4.78, 5) is 38.3. The number of hydrogen-bond donors (Lipinski definition) is 3. The molecule has 0 unspecified atom stereocenters. The number of hydrogen-bond acceptors (Lipinski definition) is 6. The molecule has 3 rings (SSSR count). The number of anilines is 2. The molecule has 1 aromatic rings. The van der Waals surface area contributed by atoms with Gasteiger partial charge in [0.05, 0.1) is 13.2 Å². The van der Waals surface area contributed by atoms with Crippen molar-refractivity contribution in [2.75, 3.05) is 36.5 Å². The minimum Gasteiger partial charge on any atom is -0.395 e. The maximum atomic E-state index is 12.1. The summed E-state index contributed by atoms with van der Waals surface area (Å²) >= 11 is 0. The number of aliphatic hydroxyl groups excluding tert-OH is 1. The lowest BCUT2D eigenvalue weighted by Crippen LogP contribution is -2.38. The third-order valence-electron chi connectivity index (χ3n) is 4.74. The van der Waals surface area contributed by atoms with Crippen molar-refractivity contribution in [3.63, 3.8) is 0 Å². The first-order valence-electron chi connectivity index (χ1n) is 8.59. The van der Waals surface area contributed by atoms with Crippen molar-refractivity contribution in [1.82, 2.24) is 4.90 Å². The summed E-state index contributed by atoms with van der Waals surface area (Å²) in [6.45, 7) is 1.27. The highest BCUT2D eigenvalue weighted by Gasteiger charge is 2.30. The van der Waals surface area contributed by atoms with Crippen molar-refractivity contribution >= 4 is 29.1 Å². The number of β-amino-alcohol motifs (C(OH)–C–C–N with tert-alkyl or cyclic N) is 1. The predicted octanol–water partition coefficient (Wildman–Crippen LogP) is 0.0452. The van der Waals surface area contributed by atoms with Gasteiger partial charge in [-0.25, -0.2) is 0 Å². The van der Waals surface area contributed by atoms with E-state index < -0.39 is 11.8 Å². The number of nitrogens with one attached hydrogen (secondary N) is 1. The average molecular weight is 358 g/mol. The molecule has 2 heterocycles. The number of carbonyl (C=O) groups excluding carboxylic acids is 3. The maximum Gasteiger partial charge on any atom is 0.277 e. The molecule has 2 aliphatic rings. The number of amides is 3. The van der Waals surface area contributed by atoms with E-state index in [4.69, 9.17) is 10.8 Å². The van der Waals surface area contributed by atoms with Crippen LogP contribution in [0.2, 0.25) is 0 Å². The van der Waals surface area contributed by atoms with Gasteiger partial charge in [0.15, 0.2) is 0 Å². The van der Waals surface area contributed by atoms with Crippen molar-refractivity contribution in [3.05, 3.63) is 36.0 Å². The van der Waals surface area contributed by atoms with Crippen molar-refractivity contribution in [1.29, 1.82) is 0 Å². The number of rotatable bonds is 6. The quantitative estimate of drug-likeness (QED) is 0.619. The average Bonchev–Trinajstić information content (AvgIpc) is 2.90. The van der Waals surface area contributed by atoms with E-state index >= 15 is 0 Å². The second kappa shape index (κ2) is 7.57. The Bertz CT molecular complexity index is 736. The van der Waals surface area contributed by atoms with E-state index in [9.17, 15) is 14.4 Å². The van der Waals surface area contributed by atoms with E-state index in [0.717, 1.165) is 36.5 Å².